The maximum atomic E-state index is 12.6. The van der Waals surface area contributed by atoms with Gasteiger partial charge in [0, 0.05) is 32.1 Å². The van der Waals surface area contributed by atoms with E-state index in [2.05, 4.69) is 0 Å². The average Bonchev–Trinajstić information content (AvgIpc) is 3.52. The quantitative estimate of drug-likeness (QED) is 0.743. The number of rotatable bonds is 8. The van der Waals surface area contributed by atoms with Crippen LogP contribution in [0.15, 0.2) is 24.3 Å². The van der Waals surface area contributed by atoms with Gasteiger partial charge in [-0.25, -0.2) is 0 Å². The lowest BCUT2D eigenvalue weighted by molar-refractivity contribution is -0.137. The van der Waals surface area contributed by atoms with E-state index in [4.69, 9.17) is 9.47 Å². The Morgan fingerprint density at radius 2 is 1.81 bits per heavy atom. The molecule has 1 saturated carbocycles. The van der Waals surface area contributed by atoms with E-state index < -0.39 is 0 Å². The summed E-state index contributed by atoms with van der Waals surface area (Å²) in [5, 5.41) is 9.56. The van der Waals surface area contributed by atoms with Gasteiger partial charge < -0.3 is 24.4 Å². The standard InChI is InChI=1S/C20H28N2O5/c1-26-17-4-2-3-5-18(17)27-14-20(25)22(15-6-7-15)13-10-19(24)21-11-8-16(23)9-12-21/h2-5,15-16,23H,6-14H2,1H3. The molecule has 0 atom stereocenters. The fourth-order valence-corrected chi connectivity index (χ4v) is 3.35. The molecule has 0 spiro atoms. The molecule has 7 heteroatoms. The van der Waals surface area contributed by atoms with Gasteiger partial charge in [-0.2, -0.15) is 0 Å². The van der Waals surface area contributed by atoms with E-state index in [1.807, 2.05) is 12.1 Å². The minimum Gasteiger partial charge on any atom is -0.493 e. The number of aliphatic hydroxyl groups excluding tert-OH is 1. The third-order valence-corrected chi connectivity index (χ3v) is 5.11. The van der Waals surface area contributed by atoms with Gasteiger partial charge in [-0.3, -0.25) is 9.59 Å². The zero-order valence-corrected chi connectivity index (χ0v) is 15.8. The molecule has 3 rings (SSSR count). The van der Waals surface area contributed by atoms with Crippen LogP contribution in [0.5, 0.6) is 11.5 Å². The van der Waals surface area contributed by atoms with E-state index >= 15 is 0 Å². The Kier molecular flexibility index (Phi) is 6.55. The maximum Gasteiger partial charge on any atom is 0.260 e. The van der Waals surface area contributed by atoms with Crippen molar-refractivity contribution in [2.45, 2.75) is 44.2 Å². The molecule has 0 unspecified atom stereocenters. The first-order valence-corrected chi connectivity index (χ1v) is 9.59. The van der Waals surface area contributed by atoms with Gasteiger partial charge in [0.05, 0.1) is 13.2 Å². The maximum absolute atomic E-state index is 12.6. The van der Waals surface area contributed by atoms with Crippen molar-refractivity contribution in [1.82, 2.24) is 9.80 Å². The summed E-state index contributed by atoms with van der Waals surface area (Å²) >= 11 is 0. The van der Waals surface area contributed by atoms with E-state index in [9.17, 15) is 14.7 Å². The SMILES string of the molecule is COc1ccccc1OCC(=O)N(CCC(=O)N1CCC(O)CC1)C1CC1. The van der Waals surface area contributed by atoms with Crippen molar-refractivity contribution < 1.29 is 24.2 Å². The largest absolute Gasteiger partial charge is 0.493 e. The molecule has 7 nitrogen and oxygen atoms in total. The molecule has 2 fully saturated rings. The van der Waals surface area contributed by atoms with E-state index in [0.29, 0.717) is 50.4 Å². The Morgan fingerprint density at radius 1 is 1.15 bits per heavy atom. The molecule has 1 saturated heterocycles. The molecular formula is C20H28N2O5. The molecule has 1 aromatic carbocycles. The zero-order chi connectivity index (χ0) is 19.2. The first kappa shape index (κ1) is 19.5. The van der Waals surface area contributed by atoms with Gasteiger partial charge in [-0.1, -0.05) is 12.1 Å². The molecule has 2 aliphatic rings. The van der Waals surface area contributed by atoms with Crippen LogP contribution in [0.1, 0.15) is 32.1 Å². The zero-order valence-electron chi connectivity index (χ0n) is 15.8. The number of ether oxygens (including phenoxy) is 2. The Hall–Kier alpha value is -2.28. The lowest BCUT2D eigenvalue weighted by Gasteiger charge is -2.30. The van der Waals surface area contributed by atoms with Gasteiger partial charge in [0.1, 0.15) is 0 Å². The fraction of sp³-hybridized carbons (Fsp3) is 0.600. The van der Waals surface area contributed by atoms with Crippen LogP contribution in [-0.4, -0.2) is 72.2 Å². The van der Waals surface area contributed by atoms with Crippen molar-refractivity contribution in [1.29, 1.82) is 0 Å². The summed E-state index contributed by atoms with van der Waals surface area (Å²) in [5.74, 6) is 1.06. The molecule has 148 valence electrons. The van der Waals surface area contributed by atoms with Crippen molar-refractivity contribution in [3.8, 4) is 11.5 Å². The summed E-state index contributed by atoms with van der Waals surface area (Å²) in [6.45, 7) is 1.53. The summed E-state index contributed by atoms with van der Waals surface area (Å²) in [6.07, 6.45) is 3.22. The average molecular weight is 376 g/mol. The normalized spacial score (nSPS) is 17.5. The van der Waals surface area contributed by atoms with Crippen LogP contribution in [0.4, 0.5) is 0 Å². The minimum atomic E-state index is -0.300. The van der Waals surface area contributed by atoms with Crippen molar-refractivity contribution in [2.24, 2.45) is 0 Å². The van der Waals surface area contributed by atoms with Crippen LogP contribution < -0.4 is 9.47 Å². The summed E-state index contributed by atoms with van der Waals surface area (Å²) in [5.41, 5.74) is 0. The van der Waals surface area contributed by atoms with E-state index in [0.717, 1.165) is 12.8 Å². The number of carbonyl (C=O) groups excluding carboxylic acids is 2. The van der Waals surface area contributed by atoms with E-state index in [1.165, 1.54) is 0 Å². The minimum absolute atomic E-state index is 0.0472. The number of para-hydroxylation sites is 2. The summed E-state index contributed by atoms with van der Waals surface area (Å²) < 4.78 is 10.9. The van der Waals surface area contributed by atoms with Gasteiger partial charge in [0.15, 0.2) is 18.1 Å². The van der Waals surface area contributed by atoms with Crippen LogP contribution in [0.2, 0.25) is 0 Å². The van der Waals surface area contributed by atoms with Crippen molar-refractivity contribution in [3.63, 3.8) is 0 Å². The highest BCUT2D eigenvalue weighted by Crippen LogP contribution is 2.29. The second-order valence-electron chi connectivity index (χ2n) is 7.12. The number of likely N-dealkylation sites (tertiary alicyclic amines) is 1. The van der Waals surface area contributed by atoms with Gasteiger partial charge in [-0.15, -0.1) is 0 Å². The first-order chi connectivity index (χ1) is 13.1. The molecule has 27 heavy (non-hydrogen) atoms. The number of carbonyl (C=O) groups is 2. The molecule has 0 radical (unpaired) electrons. The van der Waals surface area contributed by atoms with Gasteiger partial charge in [0.25, 0.3) is 5.91 Å². The highest BCUT2D eigenvalue weighted by molar-refractivity contribution is 5.80. The van der Waals surface area contributed by atoms with E-state index in [-0.39, 0.29) is 30.6 Å². The first-order valence-electron chi connectivity index (χ1n) is 9.59. The molecule has 0 aromatic heterocycles. The van der Waals surface area contributed by atoms with Crippen LogP contribution in [0, 0.1) is 0 Å². The van der Waals surface area contributed by atoms with Gasteiger partial charge >= 0.3 is 0 Å². The number of benzene rings is 1. The van der Waals surface area contributed by atoms with Gasteiger partial charge in [-0.05, 0) is 37.8 Å². The predicted octanol–water partition coefficient (Wildman–Crippen LogP) is 1.44. The smallest absolute Gasteiger partial charge is 0.260 e. The molecule has 1 heterocycles. The number of hydrogen-bond donors (Lipinski definition) is 1. The third kappa shape index (κ3) is 5.35. The second kappa shape index (κ2) is 9.08. The van der Waals surface area contributed by atoms with Crippen LogP contribution in [0.3, 0.4) is 0 Å². The number of methoxy groups -OCH3 is 1. The highest BCUT2D eigenvalue weighted by Gasteiger charge is 2.33. The predicted molar refractivity (Wildman–Crippen MR) is 99.7 cm³/mol. The van der Waals surface area contributed by atoms with Crippen molar-refractivity contribution in [2.75, 3.05) is 33.4 Å². The number of hydrogen-bond acceptors (Lipinski definition) is 5. The molecule has 1 N–H and O–H groups in total. The number of aliphatic hydroxyl groups is 1. The lowest BCUT2D eigenvalue weighted by atomic mass is 10.1. The lowest BCUT2D eigenvalue weighted by Crippen LogP contribution is -2.43. The summed E-state index contributed by atoms with van der Waals surface area (Å²) in [4.78, 5) is 28.6. The topological polar surface area (TPSA) is 79.3 Å². The number of nitrogens with zero attached hydrogens (tertiary/aromatic N) is 2. The second-order valence-corrected chi connectivity index (χ2v) is 7.12. The number of amides is 2. The number of piperidine rings is 1. The molecule has 2 amide bonds. The molecule has 1 aliphatic carbocycles. The van der Waals surface area contributed by atoms with Crippen LogP contribution >= 0.6 is 0 Å². The van der Waals surface area contributed by atoms with Gasteiger partial charge in [0.2, 0.25) is 5.91 Å². The van der Waals surface area contributed by atoms with Crippen molar-refractivity contribution in [3.05, 3.63) is 24.3 Å². The third-order valence-electron chi connectivity index (χ3n) is 5.11. The van der Waals surface area contributed by atoms with Crippen LogP contribution in [0.25, 0.3) is 0 Å². The van der Waals surface area contributed by atoms with Crippen LogP contribution in [-0.2, 0) is 9.59 Å². The molecule has 1 aromatic rings. The Labute approximate surface area is 159 Å². The Bertz CT molecular complexity index is 654. The monoisotopic (exact) mass is 376 g/mol. The molecular weight excluding hydrogens is 348 g/mol. The Morgan fingerprint density at radius 3 is 2.44 bits per heavy atom. The molecule has 0 bridgehead atoms. The summed E-state index contributed by atoms with van der Waals surface area (Å²) in [7, 11) is 1.56. The fourth-order valence-electron chi connectivity index (χ4n) is 3.35. The van der Waals surface area contributed by atoms with E-state index in [1.54, 1.807) is 29.0 Å². The van der Waals surface area contributed by atoms with Crippen molar-refractivity contribution >= 4 is 11.8 Å². The Balaban J connectivity index is 1.49. The summed E-state index contributed by atoms with van der Waals surface area (Å²) in [6, 6.07) is 7.44. The highest BCUT2D eigenvalue weighted by atomic mass is 16.5. The molecule has 1 aliphatic heterocycles.